The van der Waals surface area contributed by atoms with Gasteiger partial charge in [-0.3, -0.25) is 14.9 Å². The highest BCUT2D eigenvalue weighted by Gasteiger charge is 2.43. The van der Waals surface area contributed by atoms with Gasteiger partial charge >= 0.3 is 12.4 Å². The van der Waals surface area contributed by atoms with Gasteiger partial charge in [-0.05, 0) is 41.8 Å². The van der Waals surface area contributed by atoms with Gasteiger partial charge < -0.3 is 4.90 Å². The molecule has 1 N–H and O–H groups in total. The first-order chi connectivity index (χ1) is 15.9. The second kappa shape index (κ2) is 8.42. The summed E-state index contributed by atoms with van der Waals surface area (Å²) in [4.78, 5) is 31.2. The summed E-state index contributed by atoms with van der Waals surface area (Å²) in [6, 6.07) is -0.414. The number of thiazole rings is 1. The number of anilines is 1. The highest BCUT2D eigenvalue weighted by atomic mass is 32.1. The molecule has 2 heterocycles. The van der Waals surface area contributed by atoms with Crippen molar-refractivity contribution in [1.82, 2.24) is 9.88 Å². The van der Waals surface area contributed by atoms with Crippen molar-refractivity contribution in [2.24, 2.45) is 0 Å². The molecular weight excluding hydrogens is 484 g/mol. The zero-order chi connectivity index (χ0) is 24.8. The first-order valence-corrected chi connectivity index (χ1v) is 10.6. The number of likely N-dealkylation sites (N-methyl/N-ethyl adjacent to an activating group) is 1. The number of allylic oxidation sites excluding steroid dienone is 3. The summed E-state index contributed by atoms with van der Waals surface area (Å²) >= 11 is 1.08. The molecule has 2 aliphatic rings. The van der Waals surface area contributed by atoms with Crippen LogP contribution in [0.5, 0.6) is 0 Å². The lowest BCUT2D eigenvalue weighted by molar-refractivity contribution is -0.143. The molecule has 1 unspecified atom stereocenters. The number of nitrogens with one attached hydrogen (secondary N) is 1. The molecule has 0 radical (unpaired) electrons. The zero-order valence-corrected chi connectivity index (χ0v) is 18.1. The van der Waals surface area contributed by atoms with Crippen molar-refractivity contribution < 1.29 is 35.9 Å². The lowest BCUT2D eigenvalue weighted by Crippen LogP contribution is -2.42. The lowest BCUT2D eigenvalue weighted by Gasteiger charge is -2.38. The number of nitrogens with zero attached hydrogens (tertiary/aromatic N) is 2. The van der Waals surface area contributed by atoms with E-state index in [0.29, 0.717) is 12.1 Å². The summed E-state index contributed by atoms with van der Waals surface area (Å²) in [5, 5.41) is 4.30. The Morgan fingerprint density at radius 2 is 1.76 bits per heavy atom. The summed E-state index contributed by atoms with van der Waals surface area (Å²) in [5.74, 6) is -1.40. The smallest absolute Gasteiger partial charge is 0.330 e. The van der Waals surface area contributed by atoms with Gasteiger partial charge in [0.25, 0.3) is 11.8 Å². The van der Waals surface area contributed by atoms with Crippen molar-refractivity contribution in [3.63, 3.8) is 0 Å². The number of aromatic nitrogens is 1. The molecule has 178 valence electrons. The van der Waals surface area contributed by atoms with E-state index in [1.165, 1.54) is 19.3 Å². The van der Waals surface area contributed by atoms with Crippen LogP contribution in [-0.4, -0.2) is 28.7 Å². The van der Waals surface area contributed by atoms with E-state index in [9.17, 15) is 35.9 Å². The molecule has 2 amide bonds. The normalized spacial score (nSPS) is 18.7. The van der Waals surface area contributed by atoms with Crippen LogP contribution >= 0.6 is 11.3 Å². The molecule has 12 heteroatoms. The molecule has 1 aliphatic carbocycles. The Balaban J connectivity index is 1.94. The molecule has 0 saturated carbocycles. The number of benzene rings is 1. The van der Waals surface area contributed by atoms with E-state index in [-0.39, 0.29) is 34.3 Å². The minimum atomic E-state index is -5.08. The second-order valence-electron chi connectivity index (χ2n) is 7.55. The average molecular weight is 499 g/mol. The van der Waals surface area contributed by atoms with Crippen LogP contribution in [0, 0.1) is 0 Å². The highest BCUT2D eigenvalue weighted by molar-refractivity contribution is 7.13. The number of alkyl halides is 6. The number of halogens is 6. The van der Waals surface area contributed by atoms with Crippen LogP contribution < -0.4 is 5.32 Å². The van der Waals surface area contributed by atoms with Gasteiger partial charge in [0.15, 0.2) is 5.13 Å². The molecule has 1 aliphatic heterocycles. The Morgan fingerprint density at radius 1 is 1.12 bits per heavy atom. The molecule has 5 nitrogen and oxygen atoms in total. The van der Waals surface area contributed by atoms with Gasteiger partial charge in [0.2, 0.25) is 0 Å². The van der Waals surface area contributed by atoms with Gasteiger partial charge in [-0.25, -0.2) is 4.98 Å². The van der Waals surface area contributed by atoms with E-state index in [1.807, 2.05) is 0 Å². The maximum absolute atomic E-state index is 13.5. The van der Waals surface area contributed by atoms with E-state index in [1.54, 1.807) is 17.5 Å². The number of rotatable bonds is 3. The van der Waals surface area contributed by atoms with Crippen LogP contribution in [0.1, 0.15) is 29.2 Å². The van der Waals surface area contributed by atoms with Crippen LogP contribution in [0.3, 0.4) is 0 Å². The van der Waals surface area contributed by atoms with Crippen LogP contribution in [0.4, 0.5) is 31.5 Å². The largest absolute Gasteiger partial charge is 0.416 e. The lowest BCUT2D eigenvalue weighted by atomic mass is 9.81. The third-order valence-electron chi connectivity index (χ3n) is 5.41. The van der Waals surface area contributed by atoms with E-state index in [0.717, 1.165) is 16.2 Å². The third kappa shape index (κ3) is 4.37. The molecule has 0 spiro atoms. The Labute approximate surface area is 193 Å². The van der Waals surface area contributed by atoms with Crippen LogP contribution in [0.25, 0.3) is 0 Å². The predicted molar refractivity (Wildman–Crippen MR) is 112 cm³/mol. The standard InChI is InChI=1S/C22H15F6N3O2S/c1-31-17(11-8-12(21(23,24)25)10-13(9-11)22(26,27)28)16(18(32)30-20-29-6-7-34-20)14-4-2-3-5-15(14)19(31)33/h2-3,5-10,17H,4H2,1H3,(H,29,30,32). The van der Waals surface area contributed by atoms with Gasteiger partial charge in [-0.15, -0.1) is 11.3 Å². The van der Waals surface area contributed by atoms with Gasteiger partial charge in [0, 0.05) is 29.8 Å². The summed E-state index contributed by atoms with van der Waals surface area (Å²) in [6.07, 6.45) is -3.95. The third-order valence-corrected chi connectivity index (χ3v) is 6.09. The van der Waals surface area contributed by atoms with Crippen molar-refractivity contribution >= 4 is 28.3 Å². The van der Waals surface area contributed by atoms with E-state index >= 15 is 0 Å². The summed E-state index contributed by atoms with van der Waals surface area (Å²) in [6.45, 7) is 0. The first-order valence-electron chi connectivity index (χ1n) is 9.75. The van der Waals surface area contributed by atoms with Gasteiger partial charge in [0.05, 0.1) is 17.2 Å². The van der Waals surface area contributed by atoms with Crippen molar-refractivity contribution in [2.45, 2.75) is 24.8 Å². The Morgan fingerprint density at radius 3 is 2.32 bits per heavy atom. The summed E-state index contributed by atoms with van der Waals surface area (Å²) in [5.41, 5.74) is -3.30. The van der Waals surface area contributed by atoms with Gasteiger partial charge in [0.1, 0.15) is 0 Å². The quantitative estimate of drug-likeness (QED) is 0.567. The summed E-state index contributed by atoms with van der Waals surface area (Å²) < 4.78 is 80.9. The number of carbonyl (C=O) groups excluding carboxylic acids is 2. The van der Waals surface area contributed by atoms with Crippen molar-refractivity contribution in [3.05, 3.63) is 81.4 Å². The Hall–Kier alpha value is -3.41. The van der Waals surface area contributed by atoms with Crippen LogP contribution in [-0.2, 0) is 21.9 Å². The fraction of sp³-hybridized carbons (Fsp3) is 0.227. The maximum Gasteiger partial charge on any atom is 0.416 e. The average Bonchev–Trinajstić information content (AvgIpc) is 3.27. The van der Waals surface area contributed by atoms with Gasteiger partial charge in [-0.1, -0.05) is 12.2 Å². The molecule has 1 aromatic heterocycles. The molecule has 1 atom stereocenters. The van der Waals surface area contributed by atoms with Crippen molar-refractivity contribution in [3.8, 4) is 0 Å². The van der Waals surface area contributed by atoms with Crippen molar-refractivity contribution in [2.75, 3.05) is 12.4 Å². The van der Waals surface area contributed by atoms with Gasteiger partial charge in [-0.2, -0.15) is 26.3 Å². The number of hydrogen-bond acceptors (Lipinski definition) is 4. The maximum atomic E-state index is 13.5. The molecule has 0 saturated heterocycles. The second-order valence-corrected chi connectivity index (χ2v) is 8.45. The molecule has 0 fully saturated rings. The Kier molecular flexibility index (Phi) is 5.88. The molecule has 34 heavy (non-hydrogen) atoms. The summed E-state index contributed by atoms with van der Waals surface area (Å²) in [7, 11) is 1.23. The number of carbonyl (C=O) groups is 2. The van der Waals surface area contributed by atoms with E-state index in [2.05, 4.69) is 10.3 Å². The van der Waals surface area contributed by atoms with Crippen LogP contribution in [0.15, 0.2) is 64.7 Å². The highest BCUT2D eigenvalue weighted by Crippen LogP contribution is 2.44. The molecule has 4 rings (SSSR count). The van der Waals surface area contributed by atoms with E-state index < -0.39 is 46.9 Å². The van der Waals surface area contributed by atoms with Crippen LogP contribution in [0.2, 0.25) is 0 Å². The molecule has 2 aromatic rings. The minimum Gasteiger partial charge on any atom is -0.330 e. The monoisotopic (exact) mass is 499 g/mol. The molecule has 1 aromatic carbocycles. The fourth-order valence-electron chi connectivity index (χ4n) is 3.92. The zero-order valence-electron chi connectivity index (χ0n) is 17.3. The SMILES string of the molecule is CN1C(=O)C2=CC=CCC2=C(C(=O)Nc2nccs2)C1c1cc(C(F)(F)F)cc(C(F)(F)F)c1. The first kappa shape index (κ1) is 23.7. The van der Waals surface area contributed by atoms with Crippen molar-refractivity contribution in [1.29, 1.82) is 0 Å². The number of fused-ring (bicyclic) bond motifs is 1. The fourth-order valence-corrected chi connectivity index (χ4v) is 4.44. The number of hydrogen-bond donors (Lipinski definition) is 1. The molecule has 0 bridgehead atoms. The predicted octanol–water partition coefficient (Wildman–Crippen LogP) is 5.52. The van der Waals surface area contributed by atoms with E-state index in [4.69, 9.17) is 0 Å². The Bertz CT molecular complexity index is 1210. The topological polar surface area (TPSA) is 62.3 Å². The number of amides is 2. The minimum absolute atomic E-state index is 0.00524. The molecular formula is C22H15F6N3O2S.